The van der Waals surface area contributed by atoms with E-state index in [1.807, 2.05) is 25.1 Å². The Balaban J connectivity index is 2.16. The van der Waals surface area contributed by atoms with Gasteiger partial charge in [-0.1, -0.05) is 23.7 Å². The fraction of sp³-hybridized carbons (Fsp3) is 0.200. The van der Waals surface area contributed by atoms with Crippen molar-refractivity contribution in [2.45, 2.75) is 20.5 Å². The number of hydrogen-bond acceptors (Lipinski definition) is 2. The molecule has 0 spiro atoms. The highest BCUT2D eigenvalue weighted by Crippen LogP contribution is 2.24. The summed E-state index contributed by atoms with van der Waals surface area (Å²) >= 11 is 6.10. The second kappa shape index (κ2) is 5.32. The summed E-state index contributed by atoms with van der Waals surface area (Å²) in [5.41, 5.74) is 9.69. The minimum Gasteiger partial charge on any atom is -0.489 e. The van der Waals surface area contributed by atoms with Crippen LogP contribution in [-0.4, -0.2) is 0 Å². The Morgan fingerprint density at radius 2 is 1.94 bits per heavy atom. The van der Waals surface area contributed by atoms with Gasteiger partial charge in [0.25, 0.3) is 0 Å². The molecule has 0 unspecified atom stereocenters. The first-order chi connectivity index (χ1) is 8.58. The minimum atomic E-state index is 0.425. The van der Waals surface area contributed by atoms with E-state index in [2.05, 4.69) is 13.0 Å². The van der Waals surface area contributed by atoms with Gasteiger partial charge >= 0.3 is 0 Å². The lowest BCUT2D eigenvalue weighted by Gasteiger charge is -2.12. The van der Waals surface area contributed by atoms with E-state index in [1.165, 1.54) is 5.56 Å². The Morgan fingerprint density at radius 1 is 1.17 bits per heavy atom. The van der Waals surface area contributed by atoms with Crippen LogP contribution >= 0.6 is 11.6 Å². The molecule has 0 saturated carbocycles. The van der Waals surface area contributed by atoms with Crippen molar-refractivity contribution < 1.29 is 4.74 Å². The van der Waals surface area contributed by atoms with Crippen LogP contribution in [0, 0.1) is 13.8 Å². The number of rotatable bonds is 3. The maximum atomic E-state index is 6.10. The number of aryl methyl sites for hydroxylation is 1. The number of nitrogens with two attached hydrogens (primary N) is 1. The molecule has 0 heterocycles. The third-order valence-corrected chi connectivity index (χ3v) is 3.38. The van der Waals surface area contributed by atoms with Gasteiger partial charge in [-0.05, 0) is 49.2 Å². The predicted octanol–water partition coefficient (Wildman–Crippen LogP) is 4.12. The van der Waals surface area contributed by atoms with E-state index < -0.39 is 0 Å². The van der Waals surface area contributed by atoms with E-state index in [0.29, 0.717) is 17.3 Å². The molecule has 0 bridgehead atoms. The molecule has 2 N–H and O–H groups in total. The monoisotopic (exact) mass is 261 g/mol. The van der Waals surface area contributed by atoms with Gasteiger partial charge in [-0.3, -0.25) is 0 Å². The lowest BCUT2D eigenvalue weighted by atomic mass is 10.1. The summed E-state index contributed by atoms with van der Waals surface area (Å²) in [6.07, 6.45) is 0. The molecule has 0 aliphatic heterocycles. The standard InChI is InChI=1S/C15H16ClNO/c1-10-4-3-5-15(11(10)2)18-9-12-8-13(17)6-7-14(12)16/h3-8H,9,17H2,1-2H3. The van der Waals surface area contributed by atoms with Crippen LogP contribution in [0.4, 0.5) is 5.69 Å². The zero-order valence-corrected chi connectivity index (χ0v) is 11.3. The molecular weight excluding hydrogens is 246 g/mol. The molecule has 18 heavy (non-hydrogen) atoms. The Hall–Kier alpha value is -1.67. The SMILES string of the molecule is Cc1cccc(OCc2cc(N)ccc2Cl)c1C. The molecule has 2 rings (SSSR count). The molecule has 2 aromatic rings. The van der Waals surface area contributed by atoms with E-state index in [9.17, 15) is 0 Å². The van der Waals surface area contributed by atoms with Crippen LogP contribution < -0.4 is 10.5 Å². The molecule has 2 nitrogen and oxygen atoms in total. The van der Waals surface area contributed by atoms with Gasteiger partial charge in [0.15, 0.2) is 0 Å². The highest BCUT2D eigenvalue weighted by atomic mass is 35.5. The summed E-state index contributed by atoms with van der Waals surface area (Å²) in [6, 6.07) is 11.4. The summed E-state index contributed by atoms with van der Waals surface area (Å²) in [5.74, 6) is 0.883. The Kier molecular flexibility index (Phi) is 3.78. The lowest BCUT2D eigenvalue weighted by molar-refractivity contribution is 0.304. The summed E-state index contributed by atoms with van der Waals surface area (Å²) in [6.45, 7) is 4.54. The summed E-state index contributed by atoms with van der Waals surface area (Å²) in [5, 5.41) is 0.675. The quantitative estimate of drug-likeness (QED) is 0.844. The number of anilines is 1. The third-order valence-electron chi connectivity index (χ3n) is 3.01. The van der Waals surface area contributed by atoms with Crippen LogP contribution in [-0.2, 0) is 6.61 Å². The average Bonchev–Trinajstić information content (AvgIpc) is 2.35. The van der Waals surface area contributed by atoms with Crippen LogP contribution in [0.2, 0.25) is 5.02 Å². The molecule has 0 fully saturated rings. The Bertz CT molecular complexity index is 564. The van der Waals surface area contributed by atoms with Crippen molar-refractivity contribution in [1.29, 1.82) is 0 Å². The van der Waals surface area contributed by atoms with Gasteiger partial charge in [-0.25, -0.2) is 0 Å². The fourth-order valence-electron chi connectivity index (χ4n) is 1.74. The average molecular weight is 262 g/mol. The molecule has 3 heteroatoms. The second-order valence-electron chi connectivity index (χ2n) is 4.34. The number of hydrogen-bond donors (Lipinski definition) is 1. The van der Waals surface area contributed by atoms with Crippen molar-refractivity contribution in [3.63, 3.8) is 0 Å². The van der Waals surface area contributed by atoms with Crippen molar-refractivity contribution in [2.24, 2.45) is 0 Å². The third kappa shape index (κ3) is 2.77. The second-order valence-corrected chi connectivity index (χ2v) is 4.74. The van der Waals surface area contributed by atoms with Crippen LogP contribution in [0.3, 0.4) is 0 Å². The zero-order chi connectivity index (χ0) is 13.1. The molecule has 0 aliphatic carbocycles. The Morgan fingerprint density at radius 3 is 2.72 bits per heavy atom. The van der Waals surface area contributed by atoms with Crippen molar-refractivity contribution >= 4 is 17.3 Å². The van der Waals surface area contributed by atoms with Crippen molar-refractivity contribution in [3.05, 3.63) is 58.1 Å². The topological polar surface area (TPSA) is 35.2 Å². The molecule has 0 aromatic heterocycles. The molecular formula is C15H16ClNO. The van der Waals surface area contributed by atoms with Gasteiger partial charge in [0.2, 0.25) is 0 Å². The van der Waals surface area contributed by atoms with E-state index in [4.69, 9.17) is 22.1 Å². The van der Waals surface area contributed by atoms with Gasteiger partial charge in [0.1, 0.15) is 12.4 Å². The minimum absolute atomic E-state index is 0.425. The van der Waals surface area contributed by atoms with Crippen LogP contribution in [0.25, 0.3) is 0 Å². The van der Waals surface area contributed by atoms with E-state index in [0.717, 1.165) is 16.9 Å². The molecule has 0 aliphatic rings. The summed E-state index contributed by atoms with van der Waals surface area (Å²) in [7, 11) is 0. The first-order valence-corrected chi connectivity index (χ1v) is 6.18. The molecule has 0 radical (unpaired) electrons. The largest absolute Gasteiger partial charge is 0.489 e. The molecule has 0 atom stereocenters. The number of ether oxygens (including phenoxy) is 1. The summed E-state index contributed by atoms with van der Waals surface area (Å²) < 4.78 is 5.80. The van der Waals surface area contributed by atoms with Crippen LogP contribution in [0.5, 0.6) is 5.75 Å². The van der Waals surface area contributed by atoms with Crippen LogP contribution in [0.1, 0.15) is 16.7 Å². The Labute approximate surface area is 112 Å². The number of halogens is 1. The van der Waals surface area contributed by atoms with Crippen molar-refractivity contribution in [2.75, 3.05) is 5.73 Å². The first-order valence-electron chi connectivity index (χ1n) is 5.81. The van der Waals surface area contributed by atoms with E-state index in [1.54, 1.807) is 12.1 Å². The van der Waals surface area contributed by atoms with Crippen molar-refractivity contribution in [3.8, 4) is 5.75 Å². The van der Waals surface area contributed by atoms with Crippen LogP contribution in [0.15, 0.2) is 36.4 Å². The first kappa shape index (κ1) is 12.8. The van der Waals surface area contributed by atoms with Gasteiger partial charge in [0.05, 0.1) is 0 Å². The van der Waals surface area contributed by atoms with E-state index in [-0.39, 0.29) is 0 Å². The maximum absolute atomic E-state index is 6.10. The van der Waals surface area contributed by atoms with Gasteiger partial charge in [0, 0.05) is 16.3 Å². The maximum Gasteiger partial charge on any atom is 0.122 e. The molecule has 0 saturated heterocycles. The lowest BCUT2D eigenvalue weighted by Crippen LogP contribution is -1.99. The van der Waals surface area contributed by atoms with Gasteiger partial charge < -0.3 is 10.5 Å². The highest BCUT2D eigenvalue weighted by molar-refractivity contribution is 6.31. The van der Waals surface area contributed by atoms with Gasteiger partial charge in [-0.15, -0.1) is 0 Å². The van der Waals surface area contributed by atoms with Crippen molar-refractivity contribution in [1.82, 2.24) is 0 Å². The number of benzene rings is 2. The molecule has 94 valence electrons. The van der Waals surface area contributed by atoms with E-state index >= 15 is 0 Å². The smallest absolute Gasteiger partial charge is 0.122 e. The normalized spacial score (nSPS) is 10.4. The highest BCUT2D eigenvalue weighted by Gasteiger charge is 2.05. The number of nitrogen functional groups attached to an aromatic ring is 1. The zero-order valence-electron chi connectivity index (χ0n) is 10.5. The van der Waals surface area contributed by atoms with Gasteiger partial charge in [-0.2, -0.15) is 0 Å². The summed E-state index contributed by atoms with van der Waals surface area (Å²) in [4.78, 5) is 0. The molecule has 2 aromatic carbocycles. The molecule has 0 amide bonds. The fourth-order valence-corrected chi connectivity index (χ4v) is 1.91. The predicted molar refractivity (Wildman–Crippen MR) is 76.1 cm³/mol.